The van der Waals surface area contributed by atoms with E-state index in [1.165, 1.54) is 6.07 Å². The number of carbonyl (C=O) groups is 3. The second-order valence-corrected chi connectivity index (χ2v) is 4.19. The Bertz CT molecular complexity index is 552. The highest BCUT2D eigenvalue weighted by Gasteiger charge is 2.22. The first-order chi connectivity index (χ1) is 9.29. The van der Waals surface area contributed by atoms with Gasteiger partial charge in [-0.1, -0.05) is 11.6 Å². The van der Waals surface area contributed by atoms with Gasteiger partial charge in [0.2, 0.25) is 5.91 Å². The number of urea groups is 1. The monoisotopic (exact) mass is 303 g/mol. The van der Waals surface area contributed by atoms with Crippen molar-refractivity contribution < 1.29 is 23.9 Å². The van der Waals surface area contributed by atoms with Gasteiger partial charge < -0.3 is 21.5 Å². The number of carboxylic acid groups (broad SMARTS) is 1. The second kappa shape index (κ2) is 6.71. The Morgan fingerprint density at radius 3 is 2.55 bits per heavy atom. The summed E-state index contributed by atoms with van der Waals surface area (Å²) in [6.07, 6.45) is -0.556. The Kier molecular flexibility index (Phi) is 5.27. The Morgan fingerprint density at radius 1 is 1.40 bits per heavy atom. The molecule has 1 aromatic carbocycles. The number of carboxylic acids is 1. The van der Waals surface area contributed by atoms with Gasteiger partial charge in [-0.15, -0.1) is 0 Å². The van der Waals surface area contributed by atoms with Crippen molar-refractivity contribution in [3.05, 3.63) is 29.0 Å². The molecule has 0 aliphatic rings. The van der Waals surface area contributed by atoms with E-state index in [9.17, 15) is 18.8 Å². The standard InChI is InChI=1S/C11H11ClFN3O4/c12-6-3-5(13)1-2-7(6)15-11(20)16-8(10(18)19)4-9(14)17/h1-3,8H,4H2,(H2,14,17)(H,18,19)(H2,15,16,20)/t8-/m1/s1. The highest BCUT2D eigenvalue weighted by Crippen LogP contribution is 2.22. The fourth-order valence-electron chi connectivity index (χ4n) is 1.31. The van der Waals surface area contributed by atoms with Gasteiger partial charge in [0.15, 0.2) is 0 Å². The lowest BCUT2D eigenvalue weighted by atomic mass is 10.2. The molecule has 1 aromatic rings. The molecule has 7 nitrogen and oxygen atoms in total. The number of nitrogens with one attached hydrogen (secondary N) is 2. The van der Waals surface area contributed by atoms with Crippen LogP contribution >= 0.6 is 11.6 Å². The summed E-state index contributed by atoms with van der Waals surface area (Å²) in [7, 11) is 0. The first kappa shape index (κ1) is 15.7. The van der Waals surface area contributed by atoms with E-state index in [1.54, 1.807) is 0 Å². The molecule has 0 aliphatic carbocycles. The maximum Gasteiger partial charge on any atom is 0.326 e. The molecule has 0 aliphatic heterocycles. The third-order valence-corrected chi connectivity index (χ3v) is 2.50. The van der Waals surface area contributed by atoms with Crippen LogP contribution in [0.5, 0.6) is 0 Å². The molecule has 1 atom stereocenters. The lowest BCUT2D eigenvalue weighted by Crippen LogP contribution is -2.45. The first-order valence-electron chi connectivity index (χ1n) is 5.33. The summed E-state index contributed by atoms with van der Waals surface area (Å²) in [4.78, 5) is 33.0. The van der Waals surface area contributed by atoms with Crippen LogP contribution in [0.15, 0.2) is 18.2 Å². The molecule has 0 fully saturated rings. The molecule has 20 heavy (non-hydrogen) atoms. The van der Waals surface area contributed by atoms with Crippen molar-refractivity contribution in [3.8, 4) is 0 Å². The zero-order valence-electron chi connectivity index (χ0n) is 10.0. The van der Waals surface area contributed by atoms with E-state index in [1.807, 2.05) is 5.32 Å². The van der Waals surface area contributed by atoms with Crippen molar-refractivity contribution in [1.29, 1.82) is 0 Å². The van der Waals surface area contributed by atoms with Crippen LogP contribution in [0.25, 0.3) is 0 Å². The normalized spacial score (nSPS) is 11.5. The SMILES string of the molecule is NC(=O)C[C@@H](NC(=O)Nc1ccc(F)cc1Cl)C(=O)O. The Balaban J connectivity index is 2.70. The van der Waals surface area contributed by atoms with Gasteiger partial charge in [0.25, 0.3) is 0 Å². The van der Waals surface area contributed by atoms with E-state index < -0.39 is 36.2 Å². The van der Waals surface area contributed by atoms with Gasteiger partial charge in [0, 0.05) is 0 Å². The van der Waals surface area contributed by atoms with Crippen LogP contribution in [0.3, 0.4) is 0 Å². The van der Waals surface area contributed by atoms with E-state index in [0.717, 1.165) is 12.1 Å². The van der Waals surface area contributed by atoms with Crippen molar-refractivity contribution in [3.63, 3.8) is 0 Å². The smallest absolute Gasteiger partial charge is 0.326 e. The average Bonchev–Trinajstić information content (AvgIpc) is 2.31. The molecule has 1 rings (SSSR count). The number of anilines is 1. The Hall–Kier alpha value is -2.35. The fourth-order valence-corrected chi connectivity index (χ4v) is 1.52. The summed E-state index contributed by atoms with van der Waals surface area (Å²) in [5, 5.41) is 13.0. The van der Waals surface area contributed by atoms with Gasteiger partial charge in [-0.25, -0.2) is 14.0 Å². The van der Waals surface area contributed by atoms with E-state index in [2.05, 4.69) is 5.32 Å². The molecule has 0 saturated heterocycles. The number of hydrogen-bond acceptors (Lipinski definition) is 3. The number of amides is 3. The van der Waals surface area contributed by atoms with Gasteiger partial charge in [0.05, 0.1) is 17.1 Å². The summed E-state index contributed by atoms with van der Waals surface area (Å²) in [5.74, 6) is -2.88. The van der Waals surface area contributed by atoms with Crippen LogP contribution in [-0.4, -0.2) is 29.1 Å². The highest BCUT2D eigenvalue weighted by atomic mass is 35.5. The largest absolute Gasteiger partial charge is 0.480 e. The Labute approximate surface area is 117 Å². The number of halogens is 2. The van der Waals surface area contributed by atoms with Crippen LogP contribution in [0.1, 0.15) is 6.42 Å². The minimum absolute atomic E-state index is 0.0538. The number of hydrogen-bond donors (Lipinski definition) is 4. The minimum atomic E-state index is -1.47. The van der Waals surface area contributed by atoms with E-state index in [4.69, 9.17) is 22.4 Å². The number of benzene rings is 1. The molecule has 0 aromatic heterocycles. The van der Waals surface area contributed by atoms with Crippen molar-refractivity contribution in [2.75, 3.05) is 5.32 Å². The predicted molar refractivity (Wildman–Crippen MR) is 68.8 cm³/mol. The molecule has 5 N–H and O–H groups in total. The molecule has 0 saturated carbocycles. The molecular formula is C11H11ClFN3O4. The first-order valence-corrected chi connectivity index (χ1v) is 5.71. The van der Waals surface area contributed by atoms with Gasteiger partial charge in [-0.05, 0) is 18.2 Å². The number of primary amides is 1. The summed E-state index contributed by atoms with van der Waals surface area (Å²) >= 11 is 5.68. The van der Waals surface area contributed by atoms with E-state index in [-0.39, 0.29) is 10.7 Å². The summed E-state index contributed by atoms with van der Waals surface area (Å²) in [6.45, 7) is 0. The third kappa shape index (κ3) is 4.73. The lowest BCUT2D eigenvalue weighted by Gasteiger charge is -2.14. The quantitative estimate of drug-likeness (QED) is 0.646. The minimum Gasteiger partial charge on any atom is -0.480 e. The van der Waals surface area contributed by atoms with E-state index in [0.29, 0.717) is 0 Å². The number of nitrogens with two attached hydrogens (primary N) is 1. The molecule has 108 valence electrons. The van der Waals surface area contributed by atoms with Gasteiger partial charge >= 0.3 is 12.0 Å². The van der Waals surface area contributed by atoms with Gasteiger partial charge in [0.1, 0.15) is 11.9 Å². The molecule has 0 unspecified atom stereocenters. The number of carbonyl (C=O) groups excluding carboxylic acids is 2. The molecule has 0 heterocycles. The van der Waals surface area contributed by atoms with Crippen LogP contribution in [-0.2, 0) is 9.59 Å². The molecular weight excluding hydrogens is 293 g/mol. The van der Waals surface area contributed by atoms with Crippen LogP contribution in [0, 0.1) is 5.82 Å². The van der Waals surface area contributed by atoms with Crippen molar-refractivity contribution in [2.24, 2.45) is 5.73 Å². The average molecular weight is 304 g/mol. The third-order valence-electron chi connectivity index (χ3n) is 2.19. The lowest BCUT2D eigenvalue weighted by molar-refractivity contribution is -0.140. The fraction of sp³-hybridized carbons (Fsp3) is 0.182. The van der Waals surface area contributed by atoms with Crippen molar-refractivity contribution in [1.82, 2.24) is 5.32 Å². The Morgan fingerprint density at radius 2 is 2.05 bits per heavy atom. The number of aliphatic carboxylic acids is 1. The van der Waals surface area contributed by atoms with Gasteiger partial charge in [-0.3, -0.25) is 4.79 Å². The van der Waals surface area contributed by atoms with Crippen molar-refractivity contribution in [2.45, 2.75) is 12.5 Å². The summed E-state index contributed by atoms with van der Waals surface area (Å²) in [5.41, 5.74) is 4.95. The van der Waals surface area contributed by atoms with Crippen LogP contribution in [0.4, 0.5) is 14.9 Å². The molecule has 9 heteroatoms. The highest BCUT2D eigenvalue weighted by molar-refractivity contribution is 6.33. The number of rotatable bonds is 5. The van der Waals surface area contributed by atoms with Crippen molar-refractivity contribution >= 4 is 35.2 Å². The van der Waals surface area contributed by atoms with Gasteiger partial charge in [-0.2, -0.15) is 0 Å². The van der Waals surface area contributed by atoms with Crippen LogP contribution in [0.2, 0.25) is 5.02 Å². The van der Waals surface area contributed by atoms with E-state index >= 15 is 0 Å². The zero-order valence-corrected chi connectivity index (χ0v) is 10.8. The molecule has 0 spiro atoms. The second-order valence-electron chi connectivity index (χ2n) is 3.78. The summed E-state index contributed by atoms with van der Waals surface area (Å²) < 4.78 is 12.8. The maximum atomic E-state index is 12.8. The topological polar surface area (TPSA) is 122 Å². The summed E-state index contributed by atoms with van der Waals surface area (Å²) in [6, 6.07) is 0.884. The molecule has 3 amide bonds. The molecule has 0 radical (unpaired) electrons. The predicted octanol–water partition coefficient (Wildman–Crippen LogP) is 0.929. The maximum absolute atomic E-state index is 12.8. The molecule has 0 bridgehead atoms. The zero-order chi connectivity index (χ0) is 15.3. The van der Waals surface area contributed by atoms with Crippen LogP contribution < -0.4 is 16.4 Å².